The Labute approximate surface area is 536 Å². The van der Waals surface area contributed by atoms with Crippen LogP contribution in [0, 0.1) is 39.0 Å². The van der Waals surface area contributed by atoms with Crippen molar-refractivity contribution in [2.75, 3.05) is 13.7 Å². The molecule has 0 unspecified atom stereocenters. The van der Waals surface area contributed by atoms with Crippen molar-refractivity contribution in [2.45, 2.75) is 34.3 Å². The van der Waals surface area contributed by atoms with Crippen molar-refractivity contribution in [3.8, 4) is 96.8 Å². The lowest BCUT2D eigenvalue weighted by molar-refractivity contribution is 0.294. The van der Waals surface area contributed by atoms with Gasteiger partial charge in [0.05, 0.1) is 54.7 Å². The Morgan fingerprint density at radius 2 is 0.811 bits per heavy atom. The fourth-order valence-electron chi connectivity index (χ4n) is 9.20. The summed E-state index contributed by atoms with van der Waals surface area (Å²) < 4.78 is 23.4. The molecule has 90 heavy (non-hydrogen) atoms. The van der Waals surface area contributed by atoms with Gasteiger partial charge in [-0.15, -0.1) is 30.6 Å². The van der Waals surface area contributed by atoms with Crippen molar-refractivity contribution < 1.29 is 19.3 Å². The van der Waals surface area contributed by atoms with Crippen LogP contribution in [-0.2, 0) is 6.61 Å². The van der Waals surface area contributed by atoms with Crippen LogP contribution in [0.25, 0.3) is 67.8 Å². The number of nitriles is 1. The number of H-pyrrole nitrogens is 1. The van der Waals surface area contributed by atoms with Crippen LogP contribution >= 0.6 is 46.4 Å². The maximum absolute atomic E-state index is 9.99. The molecule has 5 aromatic heterocycles. The van der Waals surface area contributed by atoms with E-state index >= 15 is 0 Å². The quantitative estimate of drug-likeness (QED) is 0.103. The second-order valence-corrected chi connectivity index (χ2v) is 21.6. The number of halogens is 4. The van der Waals surface area contributed by atoms with Crippen molar-refractivity contribution in [3.05, 3.63) is 243 Å². The summed E-state index contributed by atoms with van der Waals surface area (Å²) in [6.07, 6.45) is 6.78. The number of hydrogen-bond acceptors (Lipinski definition) is 16. The van der Waals surface area contributed by atoms with Gasteiger partial charge in [0.1, 0.15) is 51.8 Å². The van der Waals surface area contributed by atoms with Crippen LogP contribution in [0.1, 0.15) is 28.1 Å². The second kappa shape index (κ2) is 29.3. The molecule has 0 saturated heterocycles. The largest absolute Gasteiger partial charge is 0.506 e. The molecule has 0 aliphatic rings. The van der Waals surface area contributed by atoms with Crippen molar-refractivity contribution in [1.82, 2.24) is 80.6 Å². The van der Waals surface area contributed by atoms with Gasteiger partial charge in [-0.25, -0.2) is 18.7 Å². The van der Waals surface area contributed by atoms with Gasteiger partial charge in [0.25, 0.3) is 0 Å². The van der Waals surface area contributed by atoms with E-state index in [-0.39, 0.29) is 19.0 Å². The van der Waals surface area contributed by atoms with E-state index in [4.69, 9.17) is 65.9 Å². The first-order valence-corrected chi connectivity index (χ1v) is 28.9. The molecule has 0 aliphatic carbocycles. The first-order valence-electron chi connectivity index (χ1n) is 27.4. The van der Waals surface area contributed by atoms with E-state index in [9.17, 15) is 5.11 Å². The van der Waals surface area contributed by atoms with Crippen LogP contribution in [0.4, 0.5) is 0 Å². The molecular formula is C65H53Cl4N17O4. The Hall–Kier alpha value is -10.8. The molecule has 0 spiro atoms. The van der Waals surface area contributed by atoms with E-state index in [2.05, 4.69) is 93.1 Å². The van der Waals surface area contributed by atoms with Gasteiger partial charge in [0.15, 0.2) is 13.2 Å². The molecule has 0 fully saturated rings. The number of methoxy groups -OCH3 is 1. The van der Waals surface area contributed by atoms with Crippen molar-refractivity contribution in [1.29, 1.82) is 5.26 Å². The zero-order valence-electron chi connectivity index (χ0n) is 48.7. The number of aromatic nitrogens is 16. The van der Waals surface area contributed by atoms with Gasteiger partial charge in [-0.2, -0.15) is 10.5 Å². The van der Waals surface area contributed by atoms with Gasteiger partial charge >= 0.3 is 0 Å². The van der Waals surface area contributed by atoms with E-state index in [1.807, 2.05) is 112 Å². The lowest BCUT2D eigenvalue weighted by Crippen LogP contribution is -2.05. The molecule has 13 rings (SSSR count). The van der Waals surface area contributed by atoms with E-state index in [1.165, 1.54) is 5.56 Å². The predicted octanol–water partition coefficient (Wildman–Crippen LogP) is 14.3. The highest BCUT2D eigenvalue weighted by molar-refractivity contribution is 6.31. The average Bonchev–Trinajstić information content (AvgIpc) is 3.07. The van der Waals surface area contributed by atoms with Gasteiger partial charge in [0, 0.05) is 42.3 Å². The highest BCUT2D eigenvalue weighted by atomic mass is 35.5. The number of aromatic amines is 1. The van der Waals surface area contributed by atoms with E-state index < -0.39 is 0 Å². The monoisotopic (exact) mass is 1280 g/mol. The molecule has 13 aromatic rings. The van der Waals surface area contributed by atoms with Crippen LogP contribution in [0.2, 0.25) is 20.1 Å². The number of ether oxygens (including phenoxy) is 3. The van der Waals surface area contributed by atoms with Crippen molar-refractivity contribution in [3.63, 3.8) is 0 Å². The highest BCUT2D eigenvalue weighted by Crippen LogP contribution is 2.35. The zero-order valence-corrected chi connectivity index (χ0v) is 51.8. The molecule has 21 nitrogen and oxygen atoms in total. The lowest BCUT2D eigenvalue weighted by Gasteiger charge is -2.13. The molecule has 2 N–H and O–H groups in total. The lowest BCUT2D eigenvalue weighted by atomic mass is 10.1. The number of tetrazole rings is 1. The maximum atomic E-state index is 9.99. The van der Waals surface area contributed by atoms with E-state index in [1.54, 1.807) is 111 Å². The minimum atomic E-state index is -0.0525. The van der Waals surface area contributed by atoms with Crippen LogP contribution < -0.4 is 14.2 Å². The highest BCUT2D eigenvalue weighted by Gasteiger charge is 2.19. The molecule has 25 heteroatoms. The maximum Gasteiger partial charge on any atom is 0.211 e. The first-order chi connectivity index (χ1) is 43.7. The third-order valence-electron chi connectivity index (χ3n) is 13.3. The second-order valence-electron chi connectivity index (χ2n) is 19.8. The van der Waals surface area contributed by atoms with Gasteiger partial charge in [-0.1, -0.05) is 168 Å². The number of phenolic OH excluding ortho intramolecular Hbond substituents is 1. The number of aromatic hydroxyl groups is 1. The standard InChI is InChI=1S/C17H14ClN7O.C17H13ClN4O.C16H14ClN3O.C15H12ClN3O/c1-11-3-2-4-12(7-11)15-9-19-24-25(15)14-8-13(18)5-6-16(14)26-10-17-20-22-23-21-17;1-12-3-2-4-13(9-12)16-11-20-21-22(16)15-10-14(18)5-6-17(15)23-8-7-19;1-11-4-3-5-12(8-11)15-10-18-19-20(15)14-9-13(17)6-7-16(14)21-2;1-10-3-2-4-11(7-10)14-9-17-18-19(14)13-8-12(16)5-6-15(13)20/h2-9H,10H2,1H3,(H,20,21,22,23);2-6,9-11H,8H2,1H3;3-10H,1-2H3;2-9,20H,1H3. The summed E-state index contributed by atoms with van der Waals surface area (Å²) in [7, 11) is 1.62. The molecular weight excluding hydrogens is 1220 g/mol. The SMILES string of the molecule is COc1ccc(Cl)cc1-n1nncc1-c1cccc(C)c1.Cc1cccc(-c2cnnn2-c2cc(Cl)ccc2O)c1.Cc1cccc(-c2cnnn2-c2cc(Cl)ccc2OCC#N)c1.Cc1cccc(-c2cnnn2-c2cc(Cl)ccc2OCc2nn[nH]n2)c1. The number of aryl methyl sites for hydroxylation is 4. The van der Waals surface area contributed by atoms with E-state index in [0.29, 0.717) is 60.2 Å². The summed E-state index contributed by atoms with van der Waals surface area (Å²) in [5.41, 5.74) is 14.5. The summed E-state index contributed by atoms with van der Waals surface area (Å²) in [5.74, 6) is 2.35. The molecule has 5 heterocycles. The summed E-state index contributed by atoms with van der Waals surface area (Å²) in [6, 6.07) is 55.0. The Morgan fingerprint density at radius 3 is 1.18 bits per heavy atom. The van der Waals surface area contributed by atoms with Gasteiger partial charge in [-0.3, -0.25) is 0 Å². The molecule has 450 valence electrons. The minimum absolute atomic E-state index is 0.0525. The smallest absolute Gasteiger partial charge is 0.211 e. The molecule has 0 saturated carbocycles. The molecule has 0 aliphatic heterocycles. The number of nitrogens with zero attached hydrogens (tertiary/aromatic N) is 16. The number of phenols is 1. The molecule has 0 atom stereocenters. The van der Waals surface area contributed by atoms with Gasteiger partial charge in [-0.05, 0) is 125 Å². The Kier molecular flexibility index (Phi) is 20.3. The molecule has 0 radical (unpaired) electrons. The molecule has 0 amide bonds. The summed E-state index contributed by atoms with van der Waals surface area (Å²) in [5, 5.41) is 67.3. The van der Waals surface area contributed by atoms with Crippen molar-refractivity contribution >= 4 is 46.4 Å². The number of rotatable bonds is 14. The Bertz CT molecular complexity index is 4620. The van der Waals surface area contributed by atoms with Gasteiger partial charge in [0.2, 0.25) is 5.82 Å². The Morgan fingerprint density at radius 1 is 0.456 bits per heavy atom. The molecule has 8 aromatic carbocycles. The molecule has 0 bridgehead atoms. The van der Waals surface area contributed by atoms with Crippen LogP contribution in [0.3, 0.4) is 0 Å². The van der Waals surface area contributed by atoms with Crippen LogP contribution in [0.5, 0.6) is 23.0 Å². The van der Waals surface area contributed by atoms with Crippen LogP contribution in [-0.4, -0.2) is 99.4 Å². The summed E-state index contributed by atoms with van der Waals surface area (Å²) in [6.45, 7) is 8.25. The predicted molar refractivity (Wildman–Crippen MR) is 344 cm³/mol. The normalized spacial score (nSPS) is 10.6. The van der Waals surface area contributed by atoms with Crippen LogP contribution in [0.15, 0.2) is 195 Å². The fraction of sp³-hybridized carbons (Fsp3) is 0.108. The third kappa shape index (κ3) is 15.3. The zero-order chi connectivity index (χ0) is 63.1. The van der Waals surface area contributed by atoms with Gasteiger partial charge < -0.3 is 19.3 Å². The topological polar surface area (TPSA) is 249 Å². The third-order valence-corrected chi connectivity index (χ3v) is 14.3. The summed E-state index contributed by atoms with van der Waals surface area (Å²) in [4.78, 5) is 0. The average molecular weight is 1280 g/mol. The number of benzene rings is 8. The summed E-state index contributed by atoms with van der Waals surface area (Å²) >= 11 is 24.4. The van der Waals surface area contributed by atoms with Crippen molar-refractivity contribution in [2.24, 2.45) is 0 Å². The van der Waals surface area contributed by atoms with E-state index in [0.717, 1.165) is 67.4 Å². The first kappa shape index (κ1) is 62.3. The number of hydrogen-bond donors (Lipinski definition) is 2. The minimum Gasteiger partial charge on any atom is -0.506 e. The number of nitrogens with one attached hydrogen (secondary N) is 1. The Balaban J connectivity index is 0.000000133. The fourth-order valence-corrected chi connectivity index (χ4v) is 9.87.